The fourth-order valence-electron chi connectivity index (χ4n) is 4.39. The maximum atomic E-state index is 14.3. The molecule has 0 spiro atoms. The predicted molar refractivity (Wildman–Crippen MR) is 129 cm³/mol. The molecule has 5 rings (SSSR count). The van der Waals surface area contributed by atoms with Gasteiger partial charge in [-0.3, -0.25) is 18.9 Å². The minimum Gasteiger partial charge on any atom is -0.351 e. The SMILES string of the molecule is O=C(NC1CC(F)(F)C1)C(c1ccccc1Cl)N(C(=O)c1cccc2nccn12)c1cccc(F)c1. The highest BCUT2D eigenvalue weighted by Crippen LogP contribution is 2.39. The highest BCUT2D eigenvalue weighted by Gasteiger charge is 2.47. The molecule has 0 saturated heterocycles. The number of amides is 2. The zero-order valence-corrected chi connectivity index (χ0v) is 19.5. The number of pyridine rings is 1. The number of imidazole rings is 1. The molecule has 10 heteroatoms. The van der Waals surface area contributed by atoms with E-state index in [0.29, 0.717) is 5.65 Å². The number of aromatic nitrogens is 2. The van der Waals surface area contributed by atoms with Gasteiger partial charge >= 0.3 is 0 Å². The average Bonchev–Trinajstić information content (AvgIpc) is 3.30. The summed E-state index contributed by atoms with van der Waals surface area (Å²) in [4.78, 5) is 33.0. The average molecular weight is 513 g/mol. The summed E-state index contributed by atoms with van der Waals surface area (Å²) >= 11 is 6.46. The van der Waals surface area contributed by atoms with Crippen LogP contribution < -0.4 is 10.2 Å². The number of nitrogens with zero attached hydrogens (tertiary/aromatic N) is 3. The maximum Gasteiger partial charge on any atom is 0.276 e. The molecule has 184 valence electrons. The van der Waals surface area contributed by atoms with E-state index in [1.807, 2.05) is 0 Å². The summed E-state index contributed by atoms with van der Waals surface area (Å²) in [6.07, 6.45) is 2.10. The molecule has 1 atom stereocenters. The van der Waals surface area contributed by atoms with Crippen LogP contribution >= 0.6 is 11.6 Å². The van der Waals surface area contributed by atoms with Gasteiger partial charge in [0.15, 0.2) is 0 Å². The van der Waals surface area contributed by atoms with Gasteiger partial charge in [-0.2, -0.15) is 0 Å². The first-order valence-corrected chi connectivity index (χ1v) is 11.6. The fourth-order valence-corrected chi connectivity index (χ4v) is 4.63. The van der Waals surface area contributed by atoms with Crippen LogP contribution in [0.25, 0.3) is 5.65 Å². The van der Waals surface area contributed by atoms with Crippen LogP contribution in [0.15, 0.2) is 79.1 Å². The zero-order chi connectivity index (χ0) is 25.4. The lowest BCUT2D eigenvalue weighted by atomic mass is 9.87. The highest BCUT2D eigenvalue weighted by atomic mass is 35.5. The van der Waals surface area contributed by atoms with Crippen molar-refractivity contribution >= 4 is 34.7 Å². The van der Waals surface area contributed by atoms with E-state index >= 15 is 0 Å². The lowest BCUT2D eigenvalue weighted by molar-refractivity contribution is -0.130. The van der Waals surface area contributed by atoms with Gasteiger partial charge in [-0.05, 0) is 36.4 Å². The first-order chi connectivity index (χ1) is 17.2. The van der Waals surface area contributed by atoms with Crippen molar-refractivity contribution in [3.63, 3.8) is 0 Å². The van der Waals surface area contributed by atoms with Gasteiger partial charge in [0.2, 0.25) is 5.91 Å². The normalized spacial score (nSPS) is 15.8. The van der Waals surface area contributed by atoms with Crippen LogP contribution in [0.2, 0.25) is 5.02 Å². The molecule has 1 fully saturated rings. The molecule has 2 amide bonds. The van der Waals surface area contributed by atoms with E-state index in [1.54, 1.807) is 53.1 Å². The van der Waals surface area contributed by atoms with Crippen LogP contribution in [0.5, 0.6) is 0 Å². The molecular weight excluding hydrogens is 493 g/mol. The van der Waals surface area contributed by atoms with E-state index in [2.05, 4.69) is 10.3 Å². The van der Waals surface area contributed by atoms with Crippen LogP contribution in [0.4, 0.5) is 18.9 Å². The Labute approximate surface area is 209 Å². The fraction of sp³-hybridized carbons (Fsp3) is 0.192. The van der Waals surface area contributed by atoms with Crippen molar-refractivity contribution in [1.29, 1.82) is 0 Å². The number of rotatable bonds is 6. The number of anilines is 1. The molecule has 4 aromatic rings. The van der Waals surface area contributed by atoms with E-state index in [9.17, 15) is 22.8 Å². The molecule has 1 unspecified atom stereocenters. The Morgan fingerprint density at radius 2 is 1.83 bits per heavy atom. The molecule has 2 aromatic carbocycles. The zero-order valence-electron chi connectivity index (χ0n) is 18.7. The van der Waals surface area contributed by atoms with Crippen molar-refractivity contribution in [1.82, 2.24) is 14.7 Å². The first-order valence-electron chi connectivity index (χ1n) is 11.2. The second-order valence-electron chi connectivity index (χ2n) is 8.62. The summed E-state index contributed by atoms with van der Waals surface area (Å²) in [5.74, 6) is -4.82. The van der Waals surface area contributed by atoms with Crippen molar-refractivity contribution in [3.8, 4) is 0 Å². The van der Waals surface area contributed by atoms with Crippen LogP contribution in [-0.2, 0) is 4.79 Å². The van der Waals surface area contributed by atoms with E-state index in [-0.39, 0.29) is 22.0 Å². The summed E-state index contributed by atoms with van der Waals surface area (Å²) in [5, 5.41) is 2.80. The Bertz CT molecular complexity index is 1450. The molecule has 2 aromatic heterocycles. The summed E-state index contributed by atoms with van der Waals surface area (Å²) in [7, 11) is 0. The van der Waals surface area contributed by atoms with Gasteiger partial charge in [0.1, 0.15) is 23.2 Å². The maximum absolute atomic E-state index is 14.3. The van der Waals surface area contributed by atoms with Crippen LogP contribution in [0, 0.1) is 5.82 Å². The number of alkyl halides is 2. The first kappa shape index (κ1) is 23.9. The van der Waals surface area contributed by atoms with Gasteiger partial charge in [0.05, 0.1) is 0 Å². The molecule has 36 heavy (non-hydrogen) atoms. The van der Waals surface area contributed by atoms with Gasteiger partial charge in [0.25, 0.3) is 11.8 Å². The molecule has 1 aliphatic carbocycles. The third-order valence-corrected chi connectivity index (χ3v) is 6.44. The second-order valence-corrected chi connectivity index (χ2v) is 9.02. The molecule has 6 nitrogen and oxygen atoms in total. The molecule has 1 aliphatic rings. The second kappa shape index (κ2) is 9.31. The van der Waals surface area contributed by atoms with Crippen molar-refractivity contribution in [2.75, 3.05) is 4.90 Å². The Morgan fingerprint density at radius 3 is 2.56 bits per heavy atom. The number of fused-ring (bicyclic) bond motifs is 1. The van der Waals surface area contributed by atoms with Crippen molar-refractivity contribution in [3.05, 3.63) is 101 Å². The minimum absolute atomic E-state index is 0.0936. The highest BCUT2D eigenvalue weighted by molar-refractivity contribution is 6.31. The van der Waals surface area contributed by atoms with Crippen LogP contribution in [0.1, 0.15) is 34.9 Å². The minimum atomic E-state index is -2.85. The molecule has 1 N–H and O–H groups in total. The number of carbonyl (C=O) groups excluding carboxylic acids is 2. The van der Waals surface area contributed by atoms with Crippen molar-refractivity contribution in [2.45, 2.75) is 30.8 Å². The molecule has 2 heterocycles. The van der Waals surface area contributed by atoms with Gasteiger partial charge < -0.3 is 5.32 Å². The molecule has 0 radical (unpaired) electrons. The largest absolute Gasteiger partial charge is 0.351 e. The van der Waals surface area contributed by atoms with Crippen molar-refractivity contribution in [2.24, 2.45) is 0 Å². The summed E-state index contributed by atoms with van der Waals surface area (Å²) in [6, 6.07) is 14.4. The van der Waals surface area contributed by atoms with E-state index in [1.165, 1.54) is 24.4 Å². The van der Waals surface area contributed by atoms with E-state index < -0.39 is 48.5 Å². The lowest BCUT2D eigenvalue weighted by Crippen LogP contribution is -2.54. The van der Waals surface area contributed by atoms with Gasteiger partial charge in [-0.1, -0.05) is 41.9 Å². The number of benzene rings is 2. The Kier molecular flexibility index (Phi) is 6.17. The standard InChI is InChI=1S/C26H20ClF3N4O2/c27-20-8-2-1-7-19(20)23(24(35)32-17-14-26(29,30)15-17)34(18-6-3-5-16(28)13-18)25(36)21-9-4-10-22-31-11-12-33(21)22/h1-13,17,23H,14-15H2,(H,32,35). The van der Waals surface area contributed by atoms with E-state index in [4.69, 9.17) is 11.6 Å². The van der Waals surface area contributed by atoms with Crippen LogP contribution in [-0.4, -0.2) is 33.2 Å². The monoisotopic (exact) mass is 512 g/mol. The smallest absolute Gasteiger partial charge is 0.276 e. The number of hydrogen-bond acceptors (Lipinski definition) is 3. The number of halogens is 4. The van der Waals surface area contributed by atoms with Gasteiger partial charge in [0, 0.05) is 47.6 Å². The number of hydrogen-bond donors (Lipinski definition) is 1. The van der Waals surface area contributed by atoms with Gasteiger partial charge in [-0.15, -0.1) is 0 Å². The van der Waals surface area contributed by atoms with E-state index in [0.717, 1.165) is 11.0 Å². The Morgan fingerprint density at radius 1 is 1.08 bits per heavy atom. The molecule has 1 saturated carbocycles. The summed E-state index contributed by atoms with van der Waals surface area (Å²) in [5.41, 5.74) is 1.01. The van der Waals surface area contributed by atoms with Crippen molar-refractivity contribution < 1.29 is 22.8 Å². The van der Waals surface area contributed by atoms with Gasteiger partial charge in [-0.25, -0.2) is 18.2 Å². The number of nitrogens with one attached hydrogen (secondary N) is 1. The quantitative estimate of drug-likeness (QED) is 0.375. The molecular formula is C26H20ClF3N4O2. The topological polar surface area (TPSA) is 66.7 Å². The third kappa shape index (κ3) is 4.54. The Hall–Kier alpha value is -3.85. The summed E-state index contributed by atoms with van der Waals surface area (Å²) in [6.45, 7) is 0. The Balaban J connectivity index is 1.65. The summed E-state index contributed by atoms with van der Waals surface area (Å²) < 4.78 is 42.8. The molecule has 0 aliphatic heterocycles. The predicted octanol–water partition coefficient (Wildman–Crippen LogP) is 5.43. The van der Waals surface area contributed by atoms with Crippen LogP contribution in [0.3, 0.4) is 0 Å². The third-order valence-electron chi connectivity index (χ3n) is 6.10. The lowest BCUT2D eigenvalue weighted by Gasteiger charge is -2.38. The molecule has 0 bridgehead atoms. The number of carbonyl (C=O) groups is 2.